The van der Waals surface area contributed by atoms with Crippen LogP contribution in [-0.4, -0.2) is 10.2 Å². The largest absolute Gasteiger partial charge is 0.411 e. The maximum absolute atomic E-state index is 5.77. The van der Waals surface area contributed by atoms with Crippen LogP contribution in [0.15, 0.2) is 56.6 Å². The lowest BCUT2D eigenvalue weighted by molar-refractivity contribution is 0.465. The molecular formula is C17H15BrN2OS. The van der Waals surface area contributed by atoms with Crippen molar-refractivity contribution in [2.24, 2.45) is 0 Å². The van der Waals surface area contributed by atoms with Crippen LogP contribution >= 0.6 is 27.7 Å². The quantitative estimate of drug-likeness (QED) is 0.572. The minimum absolute atomic E-state index is 0.578. The van der Waals surface area contributed by atoms with Gasteiger partial charge in [0.25, 0.3) is 5.22 Å². The second-order valence-corrected chi connectivity index (χ2v) is 6.95. The molecule has 0 atom stereocenters. The highest BCUT2D eigenvalue weighted by molar-refractivity contribution is 9.10. The molecule has 0 aliphatic heterocycles. The minimum atomic E-state index is 0.578. The Morgan fingerprint density at radius 2 is 1.95 bits per heavy atom. The second kappa shape index (κ2) is 6.67. The third-order valence-corrected chi connectivity index (χ3v) is 4.65. The lowest BCUT2D eigenvalue weighted by Gasteiger charge is -2.01. The number of nitrogens with zero attached hydrogens (tertiary/aromatic N) is 2. The number of aromatic nitrogens is 2. The van der Waals surface area contributed by atoms with Gasteiger partial charge in [0.1, 0.15) is 0 Å². The van der Waals surface area contributed by atoms with Crippen molar-refractivity contribution in [2.75, 3.05) is 0 Å². The summed E-state index contributed by atoms with van der Waals surface area (Å²) in [7, 11) is 0. The standard InChI is InChI=1S/C17H15BrN2OS/c1-11-6-7-15(12(2)8-11)16-19-20-17(21-16)22-10-13-4-3-5-14(18)9-13/h3-9H,10H2,1-2H3. The minimum Gasteiger partial charge on any atom is -0.411 e. The van der Waals surface area contributed by atoms with Gasteiger partial charge >= 0.3 is 0 Å². The number of aryl methyl sites for hydroxylation is 2. The van der Waals surface area contributed by atoms with E-state index in [-0.39, 0.29) is 0 Å². The average molecular weight is 375 g/mol. The molecule has 0 saturated heterocycles. The van der Waals surface area contributed by atoms with Gasteiger partial charge < -0.3 is 4.42 Å². The first-order chi connectivity index (χ1) is 10.6. The zero-order chi connectivity index (χ0) is 15.5. The Bertz CT molecular complexity index is 801. The van der Waals surface area contributed by atoms with Crippen molar-refractivity contribution in [2.45, 2.75) is 24.8 Å². The van der Waals surface area contributed by atoms with Crippen molar-refractivity contribution in [1.29, 1.82) is 0 Å². The van der Waals surface area contributed by atoms with Crippen molar-refractivity contribution in [1.82, 2.24) is 10.2 Å². The van der Waals surface area contributed by atoms with E-state index in [1.54, 1.807) is 11.8 Å². The molecule has 0 unspecified atom stereocenters. The maximum Gasteiger partial charge on any atom is 0.277 e. The number of benzene rings is 2. The molecule has 2 aromatic carbocycles. The summed E-state index contributed by atoms with van der Waals surface area (Å²) in [6, 6.07) is 14.4. The number of hydrogen-bond donors (Lipinski definition) is 0. The SMILES string of the molecule is Cc1ccc(-c2nnc(SCc3cccc(Br)c3)o2)c(C)c1. The summed E-state index contributed by atoms with van der Waals surface area (Å²) >= 11 is 5.02. The van der Waals surface area contributed by atoms with E-state index < -0.39 is 0 Å². The van der Waals surface area contributed by atoms with Crippen LogP contribution in [0.1, 0.15) is 16.7 Å². The van der Waals surface area contributed by atoms with E-state index >= 15 is 0 Å². The molecule has 0 radical (unpaired) electrons. The maximum atomic E-state index is 5.77. The van der Waals surface area contributed by atoms with E-state index in [4.69, 9.17) is 4.42 Å². The molecule has 1 aromatic heterocycles. The van der Waals surface area contributed by atoms with Crippen molar-refractivity contribution in [3.63, 3.8) is 0 Å². The van der Waals surface area contributed by atoms with Crippen LogP contribution < -0.4 is 0 Å². The van der Waals surface area contributed by atoms with Gasteiger partial charge in [-0.25, -0.2) is 0 Å². The second-order valence-electron chi connectivity index (χ2n) is 5.11. The fraction of sp³-hybridized carbons (Fsp3) is 0.176. The molecule has 3 aromatic rings. The van der Waals surface area contributed by atoms with E-state index in [0.717, 1.165) is 21.4 Å². The summed E-state index contributed by atoms with van der Waals surface area (Å²) in [5.41, 5.74) is 4.58. The van der Waals surface area contributed by atoms with E-state index in [1.807, 2.05) is 18.2 Å². The molecule has 0 saturated carbocycles. The van der Waals surface area contributed by atoms with Gasteiger partial charge in [0.05, 0.1) is 0 Å². The van der Waals surface area contributed by atoms with Gasteiger partial charge in [-0.2, -0.15) is 0 Å². The summed E-state index contributed by atoms with van der Waals surface area (Å²) in [4.78, 5) is 0. The van der Waals surface area contributed by atoms with E-state index in [9.17, 15) is 0 Å². The highest BCUT2D eigenvalue weighted by Crippen LogP contribution is 2.28. The van der Waals surface area contributed by atoms with Crippen LogP contribution in [0.3, 0.4) is 0 Å². The van der Waals surface area contributed by atoms with Crippen molar-refractivity contribution in [3.05, 3.63) is 63.6 Å². The van der Waals surface area contributed by atoms with Crippen molar-refractivity contribution in [3.8, 4) is 11.5 Å². The Morgan fingerprint density at radius 3 is 2.73 bits per heavy atom. The summed E-state index contributed by atoms with van der Waals surface area (Å²) in [6.45, 7) is 4.13. The van der Waals surface area contributed by atoms with Crippen LogP contribution in [0.2, 0.25) is 0 Å². The van der Waals surface area contributed by atoms with Gasteiger partial charge in [-0.1, -0.05) is 57.5 Å². The van der Waals surface area contributed by atoms with E-state index in [2.05, 4.69) is 64.2 Å². The van der Waals surface area contributed by atoms with Crippen molar-refractivity contribution < 1.29 is 4.42 Å². The number of halogens is 1. The third kappa shape index (κ3) is 3.59. The Hall–Kier alpha value is -1.59. The van der Waals surface area contributed by atoms with Crippen LogP contribution in [0.4, 0.5) is 0 Å². The van der Waals surface area contributed by atoms with Gasteiger partial charge in [-0.3, -0.25) is 0 Å². The van der Waals surface area contributed by atoms with Crippen LogP contribution in [0.5, 0.6) is 0 Å². The molecule has 0 aliphatic carbocycles. The molecule has 0 aliphatic rings. The van der Waals surface area contributed by atoms with Gasteiger partial charge in [0, 0.05) is 15.8 Å². The van der Waals surface area contributed by atoms with Gasteiger partial charge in [-0.15, -0.1) is 10.2 Å². The first-order valence-electron chi connectivity index (χ1n) is 6.90. The summed E-state index contributed by atoms with van der Waals surface area (Å²) < 4.78 is 6.85. The number of thioether (sulfide) groups is 1. The lowest BCUT2D eigenvalue weighted by Crippen LogP contribution is -1.84. The Labute approximate surface area is 142 Å². The first kappa shape index (κ1) is 15.3. The molecule has 0 N–H and O–H groups in total. The molecule has 5 heteroatoms. The monoisotopic (exact) mass is 374 g/mol. The first-order valence-corrected chi connectivity index (χ1v) is 8.68. The fourth-order valence-electron chi connectivity index (χ4n) is 2.20. The summed E-state index contributed by atoms with van der Waals surface area (Å²) in [5.74, 6) is 1.38. The summed E-state index contributed by atoms with van der Waals surface area (Å²) in [6.07, 6.45) is 0. The molecule has 112 valence electrons. The topological polar surface area (TPSA) is 38.9 Å². The number of hydrogen-bond acceptors (Lipinski definition) is 4. The van der Waals surface area contributed by atoms with Crippen LogP contribution in [0.25, 0.3) is 11.5 Å². The molecule has 3 nitrogen and oxygen atoms in total. The third-order valence-electron chi connectivity index (χ3n) is 3.27. The van der Waals surface area contributed by atoms with Gasteiger partial charge in [-0.05, 0) is 43.2 Å². The Morgan fingerprint density at radius 1 is 1.09 bits per heavy atom. The zero-order valence-electron chi connectivity index (χ0n) is 12.3. The van der Waals surface area contributed by atoms with Crippen molar-refractivity contribution >= 4 is 27.7 Å². The molecule has 0 bridgehead atoms. The Kier molecular flexibility index (Phi) is 4.64. The smallest absolute Gasteiger partial charge is 0.277 e. The highest BCUT2D eigenvalue weighted by Gasteiger charge is 2.11. The van der Waals surface area contributed by atoms with Crippen LogP contribution in [-0.2, 0) is 5.75 Å². The summed E-state index contributed by atoms with van der Waals surface area (Å²) in [5, 5.41) is 8.88. The van der Waals surface area contributed by atoms with E-state index in [0.29, 0.717) is 11.1 Å². The molecule has 0 spiro atoms. The normalized spacial score (nSPS) is 10.9. The van der Waals surface area contributed by atoms with E-state index in [1.165, 1.54) is 11.1 Å². The highest BCUT2D eigenvalue weighted by atomic mass is 79.9. The molecule has 3 rings (SSSR count). The van der Waals surface area contributed by atoms with Gasteiger partial charge in [0.2, 0.25) is 5.89 Å². The van der Waals surface area contributed by atoms with Crippen LogP contribution in [0, 0.1) is 13.8 Å². The van der Waals surface area contributed by atoms with Gasteiger partial charge in [0.15, 0.2) is 0 Å². The molecular weight excluding hydrogens is 360 g/mol. The predicted octanol–water partition coefficient (Wildman–Crippen LogP) is 5.41. The molecule has 0 fully saturated rings. The lowest BCUT2D eigenvalue weighted by atomic mass is 10.1. The fourth-order valence-corrected chi connectivity index (χ4v) is 3.36. The molecule has 1 heterocycles. The molecule has 0 amide bonds. The number of rotatable bonds is 4. The Balaban J connectivity index is 1.73. The average Bonchev–Trinajstić information content (AvgIpc) is 2.94. The predicted molar refractivity (Wildman–Crippen MR) is 92.9 cm³/mol. The zero-order valence-corrected chi connectivity index (χ0v) is 14.7. The molecule has 22 heavy (non-hydrogen) atoms.